The maximum atomic E-state index is 13.3. The number of aliphatic hydroxyl groups excluding tert-OH is 1. The van der Waals surface area contributed by atoms with Crippen LogP contribution in [0.25, 0.3) is 0 Å². The minimum atomic E-state index is -0.543. The summed E-state index contributed by atoms with van der Waals surface area (Å²) in [6, 6.07) is 6.10. The summed E-state index contributed by atoms with van der Waals surface area (Å²) >= 11 is 0. The van der Waals surface area contributed by atoms with E-state index in [1.54, 1.807) is 12.1 Å². The predicted octanol–water partition coefficient (Wildman–Crippen LogP) is 2.52. The molecule has 0 amide bonds. The highest BCUT2D eigenvalue weighted by Gasteiger charge is 2.13. The van der Waals surface area contributed by atoms with Crippen molar-refractivity contribution in [3.63, 3.8) is 0 Å². The lowest BCUT2D eigenvalue weighted by molar-refractivity contribution is 0.259. The molecule has 1 rings (SSSR count). The normalized spacial score (nSPS) is 12.2. The summed E-state index contributed by atoms with van der Waals surface area (Å²) in [4.78, 5) is 0. The Bertz CT molecular complexity index is 412. The zero-order chi connectivity index (χ0) is 12.8. The number of nitrogens with zero attached hydrogens (tertiary/aromatic N) is 1. The van der Waals surface area contributed by atoms with E-state index in [0.29, 0.717) is 11.6 Å². The highest BCUT2D eigenvalue weighted by atomic mass is 19.1. The number of hydrogen-bond acceptors (Lipinski definition) is 3. The van der Waals surface area contributed by atoms with E-state index in [1.165, 1.54) is 6.07 Å². The quantitative estimate of drug-likeness (QED) is 0.826. The first kappa shape index (κ1) is 13.5. The van der Waals surface area contributed by atoms with Crippen LogP contribution in [0.15, 0.2) is 18.2 Å². The molecule has 0 aliphatic carbocycles. The van der Waals surface area contributed by atoms with Crippen molar-refractivity contribution in [3.8, 4) is 6.07 Å². The van der Waals surface area contributed by atoms with Crippen LogP contribution in [0.2, 0.25) is 0 Å². The Hall–Kier alpha value is -1.60. The molecular formula is C13H17FN2O. The molecule has 0 bridgehead atoms. The summed E-state index contributed by atoms with van der Waals surface area (Å²) < 4.78 is 13.3. The molecule has 0 aromatic heterocycles. The standard InChI is InChI=1S/C13H17FN2O/c1-9(2)6-10(8-17)16-13-5-3-4-12(14)11(13)7-15/h3-5,9-10,16-17H,6,8H2,1-2H3. The lowest BCUT2D eigenvalue weighted by Crippen LogP contribution is -2.26. The van der Waals surface area contributed by atoms with E-state index in [9.17, 15) is 9.50 Å². The molecule has 0 aliphatic rings. The zero-order valence-corrected chi connectivity index (χ0v) is 10.1. The molecular weight excluding hydrogens is 219 g/mol. The smallest absolute Gasteiger partial charge is 0.143 e. The fourth-order valence-electron chi connectivity index (χ4n) is 1.73. The fourth-order valence-corrected chi connectivity index (χ4v) is 1.73. The number of anilines is 1. The van der Waals surface area contributed by atoms with E-state index >= 15 is 0 Å². The third kappa shape index (κ3) is 3.72. The molecule has 1 atom stereocenters. The van der Waals surface area contributed by atoms with Crippen LogP contribution in [0.4, 0.5) is 10.1 Å². The average Bonchev–Trinajstić information content (AvgIpc) is 2.28. The van der Waals surface area contributed by atoms with Gasteiger partial charge < -0.3 is 10.4 Å². The summed E-state index contributed by atoms with van der Waals surface area (Å²) in [6.45, 7) is 4.04. The van der Waals surface area contributed by atoms with E-state index < -0.39 is 5.82 Å². The van der Waals surface area contributed by atoms with E-state index in [-0.39, 0.29) is 18.2 Å². The van der Waals surface area contributed by atoms with Gasteiger partial charge in [0.05, 0.1) is 12.3 Å². The summed E-state index contributed by atoms with van der Waals surface area (Å²) in [6.07, 6.45) is 0.762. The number of nitriles is 1. The van der Waals surface area contributed by atoms with Crippen LogP contribution in [0.3, 0.4) is 0 Å². The van der Waals surface area contributed by atoms with Crippen molar-refractivity contribution in [1.82, 2.24) is 0 Å². The minimum absolute atomic E-state index is 0.00490. The maximum Gasteiger partial charge on any atom is 0.143 e. The van der Waals surface area contributed by atoms with Crippen molar-refractivity contribution in [2.75, 3.05) is 11.9 Å². The third-order valence-corrected chi connectivity index (χ3v) is 2.46. The van der Waals surface area contributed by atoms with E-state index in [0.717, 1.165) is 6.42 Å². The summed E-state index contributed by atoms with van der Waals surface area (Å²) in [5, 5.41) is 21.1. The maximum absolute atomic E-state index is 13.3. The monoisotopic (exact) mass is 236 g/mol. The average molecular weight is 236 g/mol. The van der Waals surface area contributed by atoms with Gasteiger partial charge >= 0.3 is 0 Å². The van der Waals surface area contributed by atoms with Crippen LogP contribution in [-0.4, -0.2) is 17.8 Å². The van der Waals surface area contributed by atoms with Gasteiger partial charge in [0, 0.05) is 6.04 Å². The summed E-state index contributed by atoms with van der Waals surface area (Å²) in [7, 11) is 0. The molecule has 0 radical (unpaired) electrons. The number of halogens is 1. The van der Waals surface area contributed by atoms with Gasteiger partial charge in [0.25, 0.3) is 0 Å². The summed E-state index contributed by atoms with van der Waals surface area (Å²) in [5.74, 6) is -0.127. The number of nitrogens with one attached hydrogen (secondary N) is 1. The van der Waals surface area contributed by atoms with Gasteiger partial charge in [0.2, 0.25) is 0 Å². The van der Waals surface area contributed by atoms with Crippen LogP contribution in [-0.2, 0) is 0 Å². The molecule has 3 nitrogen and oxygen atoms in total. The molecule has 1 aromatic carbocycles. The van der Waals surface area contributed by atoms with Crippen LogP contribution >= 0.6 is 0 Å². The van der Waals surface area contributed by atoms with Crippen LogP contribution < -0.4 is 5.32 Å². The fraction of sp³-hybridized carbons (Fsp3) is 0.462. The molecule has 0 saturated heterocycles. The van der Waals surface area contributed by atoms with Gasteiger partial charge in [-0.3, -0.25) is 0 Å². The van der Waals surface area contributed by atoms with Crippen molar-refractivity contribution < 1.29 is 9.50 Å². The Balaban J connectivity index is 2.87. The van der Waals surface area contributed by atoms with E-state index in [2.05, 4.69) is 5.32 Å². The molecule has 0 saturated carbocycles. The first-order valence-corrected chi connectivity index (χ1v) is 5.64. The lowest BCUT2D eigenvalue weighted by Gasteiger charge is -2.20. The third-order valence-electron chi connectivity index (χ3n) is 2.46. The molecule has 4 heteroatoms. The first-order chi connectivity index (χ1) is 8.08. The first-order valence-electron chi connectivity index (χ1n) is 5.64. The molecule has 1 aromatic rings. The van der Waals surface area contributed by atoms with Gasteiger partial charge in [-0.05, 0) is 24.5 Å². The number of hydrogen-bond donors (Lipinski definition) is 2. The second-order valence-electron chi connectivity index (χ2n) is 4.43. The Labute approximate surface area is 101 Å². The van der Waals surface area contributed by atoms with Crippen molar-refractivity contribution in [3.05, 3.63) is 29.6 Å². The topological polar surface area (TPSA) is 56.0 Å². The molecule has 2 N–H and O–H groups in total. The van der Waals surface area contributed by atoms with Gasteiger partial charge in [-0.2, -0.15) is 5.26 Å². The molecule has 17 heavy (non-hydrogen) atoms. The van der Waals surface area contributed by atoms with Gasteiger partial charge in [-0.1, -0.05) is 19.9 Å². The highest BCUT2D eigenvalue weighted by molar-refractivity contribution is 5.58. The van der Waals surface area contributed by atoms with Gasteiger partial charge in [-0.25, -0.2) is 4.39 Å². The van der Waals surface area contributed by atoms with Crippen LogP contribution in [0.5, 0.6) is 0 Å². The van der Waals surface area contributed by atoms with Crippen molar-refractivity contribution in [2.24, 2.45) is 5.92 Å². The second-order valence-corrected chi connectivity index (χ2v) is 4.43. The predicted molar refractivity (Wildman–Crippen MR) is 65.1 cm³/mol. The van der Waals surface area contributed by atoms with E-state index in [1.807, 2.05) is 19.9 Å². The number of aliphatic hydroxyl groups is 1. The van der Waals surface area contributed by atoms with Gasteiger partial charge in [0.1, 0.15) is 17.4 Å². The minimum Gasteiger partial charge on any atom is -0.394 e. The Morgan fingerprint density at radius 2 is 2.18 bits per heavy atom. The van der Waals surface area contributed by atoms with Gasteiger partial charge in [-0.15, -0.1) is 0 Å². The second kappa shape index (κ2) is 6.21. The molecule has 92 valence electrons. The molecule has 0 aliphatic heterocycles. The van der Waals surface area contributed by atoms with E-state index in [4.69, 9.17) is 5.26 Å². The SMILES string of the molecule is CC(C)CC(CO)Nc1cccc(F)c1C#N. The Morgan fingerprint density at radius 1 is 1.47 bits per heavy atom. The van der Waals surface area contributed by atoms with Crippen molar-refractivity contribution in [1.29, 1.82) is 5.26 Å². The number of benzene rings is 1. The molecule has 0 fully saturated rings. The van der Waals surface area contributed by atoms with Crippen LogP contribution in [0, 0.1) is 23.1 Å². The Kier molecular flexibility index (Phi) is 4.92. The van der Waals surface area contributed by atoms with Gasteiger partial charge in [0.15, 0.2) is 0 Å². The zero-order valence-electron chi connectivity index (χ0n) is 10.1. The Morgan fingerprint density at radius 3 is 2.71 bits per heavy atom. The number of rotatable bonds is 5. The summed E-state index contributed by atoms with van der Waals surface area (Å²) in [5.41, 5.74) is 0.432. The highest BCUT2D eigenvalue weighted by Crippen LogP contribution is 2.20. The van der Waals surface area contributed by atoms with Crippen molar-refractivity contribution >= 4 is 5.69 Å². The molecule has 0 spiro atoms. The largest absolute Gasteiger partial charge is 0.394 e. The molecule has 1 unspecified atom stereocenters. The lowest BCUT2D eigenvalue weighted by atomic mass is 10.0. The van der Waals surface area contributed by atoms with Crippen LogP contribution in [0.1, 0.15) is 25.8 Å². The van der Waals surface area contributed by atoms with Crippen molar-refractivity contribution in [2.45, 2.75) is 26.3 Å². The molecule has 0 heterocycles.